The van der Waals surface area contributed by atoms with Crippen molar-refractivity contribution in [3.05, 3.63) is 0 Å². The number of rotatable bonds is 0. The van der Waals surface area contributed by atoms with Crippen LogP contribution in [0.25, 0.3) is 0 Å². The molecule has 1 fully saturated rings. The third-order valence-corrected chi connectivity index (χ3v) is 0.922. The summed E-state index contributed by atoms with van der Waals surface area (Å²) in [6.07, 6.45) is 0. The van der Waals surface area contributed by atoms with Gasteiger partial charge in [-0.3, -0.25) is 0 Å². The van der Waals surface area contributed by atoms with Gasteiger partial charge in [-0.2, -0.15) is 0 Å². The van der Waals surface area contributed by atoms with E-state index in [1.807, 2.05) is 0 Å². The molecule has 0 aliphatic carbocycles. The van der Waals surface area contributed by atoms with Gasteiger partial charge in [-0.1, -0.05) is 0 Å². The van der Waals surface area contributed by atoms with Crippen LogP contribution < -0.4 is 0 Å². The second-order valence-electron chi connectivity index (χ2n) is 0.671. The second kappa shape index (κ2) is 2.36. The van der Waals surface area contributed by atoms with Crippen LogP contribution in [0.15, 0.2) is 0 Å². The summed E-state index contributed by atoms with van der Waals surface area (Å²) in [4.78, 5) is 0. The molecule has 0 aromatic rings. The zero-order chi connectivity index (χ0) is 2.12. The summed E-state index contributed by atoms with van der Waals surface area (Å²) in [5.74, 6) is 0. The Morgan fingerprint density at radius 2 is 1.50 bits per heavy atom. The molecule has 0 spiro atoms. The predicted molar refractivity (Wildman–Crippen MR) is 15.4 cm³/mol. The second-order valence-corrected chi connectivity index (χ2v) is 2.77. The Bertz CT molecular complexity index is 10.8. The molecule has 0 atom stereocenters. The summed E-state index contributed by atoms with van der Waals surface area (Å²) in [6, 6.07) is 0. The van der Waals surface area contributed by atoms with Crippen molar-refractivity contribution in [1.82, 2.24) is 0 Å². The Balaban J connectivity index is 0.0000000900. The Kier molecular flexibility index (Phi) is 3.02. The van der Waals surface area contributed by atoms with Crippen LogP contribution in [0.2, 0.25) is 10.3 Å². The van der Waals surface area contributed by atoms with Crippen LogP contribution in [-0.2, 0) is 16.3 Å². The van der Waals surface area contributed by atoms with Crippen molar-refractivity contribution in [2.75, 3.05) is 0 Å². The van der Waals surface area contributed by atoms with Crippen molar-refractivity contribution in [2.45, 2.75) is 10.3 Å². The molecule has 0 unspecified atom stereocenters. The van der Waals surface area contributed by atoms with Crippen LogP contribution in [0.3, 0.4) is 0 Å². The van der Waals surface area contributed by atoms with Crippen molar-refractivity contribution < 1.29 is 16.3 Å². The molecule has 1 heterocycles. The summed E-state index contributed by atoms with van der Waals surface area (Å²) in [7, 11) is 0. The van der Waals surface area contributed by atoms with Crippen molar-refractivity contribution in [3.8, 4) is 0 Å². The predicted octanol–water partition coefficient (Wildman–Crippen LogP) is 0.538. The molecule has 0 bridgehead atoms. The van der Waals surface area contributed by atoms with E-state index in [1.165, 1.54) is 0 Å². The third-order valence-electron chi connectivity index (χ3n) is 0.224. The Morgan fingerprint density at radius 1 is 1.25 bits per heavy atom. The Labute approximate surface area is 44.1 Å². The average molecular weight is 106 g/mol. The van der Waals surface area contributed by atoms with Gasteiger partial charge in [0.2, 0.25) is 0 Å². The maximum absolute atomic E-state index is 1.59. The van der Waals surface area contributed by atoms with Gasteiger partial charge in [0.05, 0.1) is 0 Å². The van der Waals surface area contributed by atoms with Gasteiger partial charge >= 0.3 is 26.6 Å². The molecule has 2 heteroatoms. The maximum atomic E-state index is 1.59. The average Bonchev–Trinajstić information content (AvgIpc) is 1.46. The van der Waals surface area contributed by atoms with Gasteiger partial charge in [-0.05, 0) is 0 Å². The van der Waals surface area contributed by atoms with Gasteiger partial charge < -0.3 is 0 Å². The van der Waals surface area contributed by atoms with Gasteiger partial charge in [0.1, 0.15) is 0 Å². The van der Waals surface area contributed by atoms with E-state index < -0.39 is 0 Å². The number of hydrogen-bond acceptors (Lipinski definition) is 0. The fraction of sp³-hybridized carbons (Fsp3) is 1.00. The SMILES string of the molecule is [Al].[CH2]1[CH2][V]1. The van der Waals surface area contributed by atoms with Crippen LogP contribution in [0.1, 0.15) is 0 Å². The summed E-state index contributed by atoms with van der Waals surface area (Å²) < 4.78 is 0. The van der Waals surface area contributed by atoms with E-state index in [9.17, 15) is 0 Å². The first-order valence-corrected chi connectivity index (χ1v) is 3.11. The van der Waals surface area contributed by atoms with Gasteiger partial charge in [0, 0.05) is 17.4 Å². The molecule has 20 valence electrons. The van der Waals surface area contributed by atoms with Crippen LogP contribution >= 0.6 is 0 Å². The van der Waals surface area contributed by atoms with E-state index in [0.717, 1.165) is 16.3 Å². The molecule has 0 N–H and O–H groups in total. The molecule has 1 aliphatic heterocycles. The van der Waals surface area contributed by atoms with Crippen LogP contribution in [0.4, 0.5) is 0 Å². The molecule has 0 aromatic carbocycles. The normalized spacial score (nSPS) is 16.0. The molecule has 1 aliphatic rings. The molecule has 4 heavy (non-hydrogen) atoms. The molecular weight excluding hydrogens is 102 g/mol. The van der Waals surface area contributed by atoms with E-state index in [2.05, 4.69) is 0 Å². The zero-order valence-corrected chi connectivity index (χ0v) is 4.99. The van der Waals surface area contributed by atoms with Crippen molar-refractivity contribution >= 4 is 17.4 Å². The minimum atomic E-state index is 0. The first-order valence-electron chi connectivity index (χ1n) is 1.13. The molecule has 1 saturated heterocycles. The van der Waals surface area contributed by atoms with Crippen molar-refractivity contribution in [1.29, 1.82) is 0 Å². The Morgan fingerprint density at radius 3 is 1.50 bits per heavy atom. The summed E-state index contributed by atoms with van der Waals surface area (Å²) in [6.45, 7) is 0. The quantitative estimate of drug-likeness (QED) is 0.395. The first-order chi connectivity index (χ1) is 1.50. The Hall–Kier alpha value is 1.12. The molecule has 1 rings (SSSR count). The minimum absolute atomic E-state index is 0. The fourth-order valence-corrected chi connectivity index (χ4v) is 0. The zero-order valence-electron chi connectivity index (χ0n) is 2.44. The topological polar surface area (TPSA) is 0 Å². The molecule has 0 aromatic heterocycles. The third kappa shape index (κ3) is 3.12. The van der Waals surface area contributed by atoms with Crippen LogP contribution in [0, 0.1) is 0 Å². The van der Waals surface area contributed by atoms with E-state index >= 15 is 0 Å². The van der Waals surface area contributed by atoms with Crippen LogP contribution in [0.5, 0.6) is 0 Å². The molecule has 0 nitrogen and oxygen atoms in total. The van der Waals surface area contributed by atoms with Crippen molar-refractivity contribution in [2.24, 2.45) is 0 Å². The van der Waals surface area contributed by atoms with E-state index in [-0.39, 0.29) is 17.4 Å². The van der Waals surface area contributed by atoms with E-state index in [4.69, 9.17) is 0 Å². The summed E-state index contributed by atoms with van der Waals surface area (Å²) >= 11 is 0.938. The first kappa shape index (κ1) is 5.12. The van der Waals surface area contributed by atoms with Gasteiger partial charge in [-0.15, -0.1) is 0 Å². The van der Waals surface area contributed by atoms with Crippen LogP contribution in [-0.4, -0.2) is 17.4 Å². The van der Waals surface area contributed by atoms with Crippen molar-refractivity contribution in [3.63, 3.8) is 0 Å². The van der Waals surface area contributed by atoms with Gasteiger partial charge in [0.15, 0.2) is 0 Å². The fourth-order valence-electron chi connectivity index (χ4n) is 0. The molecule has 0 amide bonds. The van der Waals surface area contributed by atoms with Gasteiger partial charge in [0.25, 0.3) is 0 Å². The molecule has 0 saturated carbocycles. The summed E-state index contributed by atoms with van der Waals surface area (Å²) in [5.41, 5.74) is 0. The van der Waals surface area contributed by atoms with Gasteiger partial charge in [-0.25, -0.2) is 0 Å². The standard InChI is InChI=1S/C2H4.Al.V/c1-2;;/h1-2H2;;. The summed E-state index contributed by atoms with van der Waals surface area (Å²) in [5, 5.41) is 3.19. The monoisotopic (exact) mass is 106 g/mol. The van der Waals surface area contributed by atoms with E-state index in [1.54, 1.807) is 10.3 Å². The molecule has 3 radical (unpaired) electrons. The number of hydrogen-bond donors (Lipinski definition) is 0. The molecular formula is C2H4AlV. The van der Waals surface area contributed by atoms with E-state index in [0.29, 0.717) is 0 Å².